The van der Waals surface area contributed by atoms with Crippen LogP contribution in [0.2, 0.25) is 0 Å². The van der Waals surface area contributed by atoms with E-state index in [2.05, 4.69) is 4.72 Å². The molecule has 0 saturated carbocycles. The van der Waals surface area contributed by atoms with Gasteiger partial charge in [0.1, 0.15) is 16.0 Å². The van der Waals surface area contributed by atoms with E-state index < -0.39 is 22.0 Å². The summed E-state index contributed by atoms with van der Waals surface area (Å²) in [6, 6.07) is 9.27. The Balaban J connectivity index is 2.26. The molecule has 0 spiro atoms. The van der Waals surface area contributed by atoms with Gasteiger partial charge in [-0.05, 0) is 47.9 Å². The van der Waals surface area contributed by atoms with Crippen molar-refractivity contribution in [2.24, 2.45) is 5.92 Å². The van der Waals surface area contributed by atoms with E-state index in [1.165, 1.54) is 6.07 Å². The number of aliphatic carboxylic acids is 1. The molecule has 0 radical (unpaired) electrons. The Labute approximate surface area is 145 Å². The van der Waals surface area contributed by atoms with Gasteiger partial charge >= 0.3 is 5.97 Å². The van der Waals surface area contributed by atoms with E-state index in [-0.39, 0.29) is 10.1 Å². The first-order valence-electron chi connectivity index (χ1n) is 7.24. The van der Waals surface area contributed by atoms with Gasteiger partial charge in [0.15, 0.2) is 0 Å². The molecule has 0 aliphatic heterocycles. The fraction of sp³-hybridized carbons (Fsp3) is 0.312. The maximum Gasteiger partial charge on any atom is 0.322 e. The molecule has 0 amide bonds. The first-order valence-corrected chi connectivity index (χ1v) is 9.54. The average Bonchev–Trinajstić information content (AvgIpc) is 3.03. The summed E-state index contributed by atoms with van der Waals surface area (Å²) in [6.07, 6.45) is 0. The topological polar surface area (TPSA) is 92.7 Å². The third-order valence-corrected chi connectivity index (χ3v) is 6.50. The zero-order chi connectivity index (χ0) is 17.9. The summed E-state index contributed by atoms with van der Waals surface area (Å²) in [5.74, 6) is -0.843. The van der Waals surface area contributed by atoms with E-state index in [9.17, 15) is 13.2 Å². The summed E-state index contributed by atoms with van der Waals surface area (Å²) in [4.78, 5) is 12.0. The molecule has 0 aliphatic carbocycles. The summed E-state index contributed by atoms with van der Waals surface area (Å²) < 4.78 is 32.3. The van der Waals surface area contributed by atoms with Gasteiger partial charge in [0.2, 0.25) is 0 Å². The van der Waals surface area contributed by atoms with E-state index in [1.54, 1.807) is 39.2 Å². The van der Waals surface area contributed by atoms with Crippen LogP contribution in [-0.2, 0) is 14.8 Å². The lowest BCUT2D eigenvalue weighted by molar-refractivity contribution is -0.140. The molecule has 0 aliphatic rings. The zero-order valence-corrected chi connectivity index (χ0v) is 15.1. The predicted octanol–water partition coefficient (Wildman–Crippen LogP) is 2.81. The third-order valence-electron chi connectivity index (χ3n) is 3.44. The number of thiophene rings is 1. The van der Waals surface area contributed by atoms with Crippen molar-refractivity contribution in [3.63, 3.8) is 0 Å². The molecule has 2 aromatic rings. The van der Waals surface area contributed by atoms with Crippen molar-refractivity contribution in [2.75, 3.05) is 7.11 Å². The zero-order valence-electron chi connectivity index (χ0n) is 13.5. The number of carboxylic acids is 1. The van der Waals surface area contributed by atoms with Gasteiger partial charge in [0.05, 0.1) is 7.11 Å². The Hall–Kier alpha value is -1.90. The molecular formula is C16H19NO5S2. The van der Waals surface area contributed by atoms with Crippen molar-refractivity contribution in [3.05, 3.63) is 36.4 Å². The molecule has 1 aromatic heterocycles. The monoisotopic (exact) mass is 369 g/mol. The predicted molar refractivity (Wildman–Crippen MR) is 92.9 cm³/mol. The molecule has 2 rings (SSSR count). The van der Waals surface area contributed by atoms with Crippen LogP contribution in [0, 0.1) is 5.92 Å². The SMILES string of the molecule is COc1ccc(-c2ccc(S(=O)(=O)N[C@@H](C(=O)O)C(C)C)s2)cc1. The van der Waals surface area contributed by atoms with Gasteiger partial charge in [-0.1, -0.05) is 13.8 Å². The number of sulfonamides is 1. The Kier molecular flexibility index (Phi) is 5.63. The van der Waals surface area contributed by atoms with Gasteiger partial charge in [-0.15, -0.1) is 11.3 Å². The van der Waals surface area contributed by atoms with Crippen LogP contribution in [0.1, 0.15) is 13.8 Å². The van der Waals surface area contributed by atoms with Crippen LogP contribution in [0.5, 0.6) is 5.75 Å². The molecule has 1 heterocycles. The highest BCUT2D eigenvalue weighted by Gasteiger charge is 2.28. The minimum atomic E-state index is -3.89. The van der Waals surface area contributed by atoms with Crippen molar-refractivity contribution in [1.82, 2.24) is 4.72 Å². The minimum absolute atomic E-state index is 0.0835. The molecule has 0 bridgehead atoms. The van der Waals surface area contributed by atoms with E-state index >= 15 is 0 Å². The second-order valence-electron chi connectivity index (χ2n) is 5.53. The van der Waals surface area contributed by atoms with Crippen LogP contribution in [0.3, 0.4) is 0 Å². The quantitative estimate of drug-likeness (QED) is 0.783. The lowest BCUT2D eigenvalue weighted by Gasteiger charge is -2.17. The maximum atomic E-state index is 12.4. The Morgan fingerprint density at radius 3 is 2.29 bits per heavy atom. The number of carboxylic acid groups (broad SMARTS) is 1. The lowest BCUT2D eigenvalue weighted by atomic mass is 10.1. The van der Waals surface area contributed by atoms with Crippen LogP contribution in [0.25, 0.3) is 10.4 Å². The number of benzene rings is 1. The normalized spacial score (nSPS) is 13.0. The van der Waals surface area contributed by atoms with Crippen LogP contribution in [0.15, 0.2) is 40.6 Å². The van der Waals surface area contributed by atoms with Crippen molar-refractivity contribution in [2.45, 2.75) is 24.1 Å². The largest absolute Gasteiger partial charge is 0.497 e. The second kappa shape index (κ2) is 7.33. The van der Waals surface area contributed by atoms with E-state index in [0.29, 0.717) is 5.75 Å². The Morgan fingerprint density at radius 1 is 1.17 bits per heavy atom. The number of rotatable bonds is 7. The summed E-state index contributed by atoms with van der Waals surface area (Å²) in [5.41, 5.74) is 0.862. The summed E-state index contributed by atoms with van der Waals surface area (Å²) in [6.45, 7) is 3.30. The van der Waals surface area contributed by atoms with Gasteiger partial charge in [-0.25, -0.2) is 8.42 Å². The maximum absolute atomic E-state index is 12.4. The molecule has 24 heavy (non-hydrogen) atoms. The number of hydrogen-bond acceptors (Lipinski definition) is 5. The molecule has 6 nitrogen and oxygen atoms in total. The molecule has 8 heteroatoms. The minimum Gasteiger partial charge on any atom is -0.497 e. The summed E-state index contributed by atoms with van der Waals surface area (Å²) in [5, 5.41) is 9.15. The van der Waals surface area contributed by atoms with Crippen molar-refractivity contribution < 1.29 is 23.1 Å². The number of carbonyl (C=O) groups is 1. The van der Waals surface area contributed by atoms with Crippen LogP contribution < -0.4 is 9.46 Å². The molecule has 130 valence electrons. The first kappa shape index (κ1) is 18.4. The average molecular weight is 369 g/mol. The van der Waals surface area contributed by atoms with E-state index in [1.807, 2.05) is 12.1 Å². The standard InChI is InChI=1S/C16H19NO5S2/c1-10(2)15(16(18)19)17-24(20,21)14-9-8-13(23-14)11-4-6-12(22-3)7-5-11/h4-10,15,17H,1-3H3,(H,18,19)/t15-/m1/s1. The highest BCUT2D eigenvalue weighted by molar-refractivity contribution is 7.91. The Morgan fingerprint density at radius 2 is 1.79 bits per heavy atom. The first-order chi connectivity index (χ1) is 11.2. The van der Waals surface area contributed by atoms with Crippen LogP contribution in [0.4, 0.5) is 0 Å². The number of ether oxygens (including phenoxy) is 1. The van der Waals surface area contributed by atoms with Gasteiger partial charge in [-0.2, -0.15) is 4.72 Å². The fourth-order valence-corrected chi connectivity index (χ4v) is 4.74. The number of hydrogen-bond donors (Lipinski definition) is 2. The van der Waals surface area contributed by atoms with Gasteiger partial charge in [0, 0.05) is 4.88 Å². The molecule has 0 unspecified atom stereocenters. The molecule has 2 N–H and O–H groups in total. The summed E-state index contributed by atoms with van der Waals surface area (Å²) >= 11 is 1.09. The summed E-state index contributed by atoms with van der Waals surface area (Å²) in [7, 11) is -2.31. The molecule has 1 atom stereocenters. The Bertz CT molecular complexity index is 809. The van der Waals surface area contributed by atoms with Gasteiger partial charge < -0.3 is 9.84 Å². The third kappa shape index (κ3) is 4.14. The van der Waals surface area contributed by atoms with Crippen molar-refractivity contribution >= 4 is 27.3 Å². The van der Waals surface area contributed by atoms with Gasteiger partial charge in [-0.3, -0.25) is 4.79 Å². The van der Waals surface area contributed by atoms with Crippen LogP contribution >= 0.6 is 11.3 Å². The second-order valence-corrected chi connectivity index (χ2v) is 8.55. The van der Waals surface area contributed by atoms with E-state index in [0.717, 1.165) is 21.8 Å². The van der Waals surface area contributed by atoms with Gasteiger partial charge in [0.25, 0.3) is 10.0 Å². The number of methoxy groups -OCH3 is 1. The number of nitrogens with one attached hydrogen (secondary N) is 1. The van der Waals surface area contributed by atoms with Crippen molar-refractivity contribution in [1.29, 1.82) is 0 Å². The fourth-order valence-electron chi connectivity index (χ4n) is 2.07. The molecule has 0 saturated heterocycles. The lowest BCUT2D eigenvalue weighted by Crippen LogP contribution is -2.43. The smallest absolute Gasteiger partial charge is 0.322 e. The highest BCUT2D eigenvalue weighted by Crippen LogP contribution is 2.31. The molecule has 1 aromatic carbocycles. The molecular weight excluding hydrogens is 350 g/mol. The molecule has 0 fully saturated rings. The van der Waals surface area contributed by atoms with E-state index in [4.69, 9.17) is 9.84 Å². The van der Waals surface area contributed by atoms with Crippen molar-refractivity contribution in [3.8, 4) is 16.2 Å². The van der Waals surface area contributed by atoms with Crippen LogP contribution in [-0.4, -0.2) is 32.6 Å². The highest BCUT2D eigenvalue weighted by atomic mass is 32.2.